The molecule has 0 aliphatic carbocycles. The summed E-state index contributed by atoms with van der Waals surface area (Å²) in [6.45, 7) is 2.01. The van der Waals surface area contributed by atoms with Crippen molar-refractivity contribution in [1.29, 1.82) is 0 Å². The van der Waals surface area contributed by atoms with Gasteiger partial charge in [-0.15, -0.1) is 0 Å². The molecule has 0 bridgehead atoms. The van der Waals surface area contributed by atoms with Crippen LogP contribution in [0.1, 0.15) is 12.0 Å². The van der Waals surface area contributed by atoms with Crippen molar-refractivity contribution in [3.8, 4) is 16.9 Å². The lowest BCUT2D eigenvalue weighted by Gasteiger charge is -2.30. The largest absolute Gasteiger partial charge is 0.490 e. The minimum atomic E-state index is -0.778. The van der Waals surface area contributed by atoms with Crippen molar-refractivity contribution in [2.45, 2.75) is 12.8 Å². The van der Waals surface area contributed by atoms with Crippen molar-refractivity contribution < 1.29 is 19.4 Å². The van der Waals surface area contributed by atoms with Gasteiger partial charge in [-0.3, -0.25) is 9.59 Å². The molecule has 1 unspecified atom stereocenters. The van der Waals surface area contributed by atoms with E-state index in [1.54, 1.807) is 17.3 Å². The maximum Gasteiger partial charge on any atom is 0.308 e. The molecule has 168 valence electrons. The number of benzene rings is 2. The van der Waals surface area contributed by atoms with Crippen LogP contribution in [-0.2, 0) is 16.0 Å². The first-order chi connectivity index (χ1) is 16.1. The Balaban J connectivity index is 1.32. The number of aliphatic carboxylic acids is 1. The quantitative estimate of drug-likeness (QED) is 0.646. The van der Waals surface area contributed by atoms with Gasteiger partial charge in [0.15, 0.2) is 0 Å². The number of nitrogens with zero attached hydrogens (tertiary/aromatic N) is 4. The van der Waals surface area contributed by atoms with Gasteiger partial charge in [0.25, 0.3) is 0 Å². The molecule has 0 spiro atoms. The molecule has 1 saturated heterocycles. The number of aromatic nitrogens is 2. The smallest absolute Gasteiger partial charge is 0.308 e. The highest BCUT2D eigenvalue weighted by Crippen LogP contribution is 2.36. The van der Waals surface area contributed by atoms with Crippen LogP contribution in [0.2, 0.25) is 0 Å². The fourth-order valence-corrected chi connectivity index (χ4v) is 4.30. The Morgan fingerprint density at radius 1 is 1.03 bits per heavy atom. The van der Waals surface area contributed by atoms with Crippen LogP contribution in [0.3, 0.4) is 0 Å². The van der Waals surface area contributed by atoms with E-state index in [1.807, 2.05) is 53.4 Å². The molecule has 2 aromatic carbocycles. The SMILES string of the molecule is O=C(O)C1CCN(c2ncc(-c3ccc4c(c3)OCCN4C(=O)Cc3ccccc3)cn2)C1. The van der Waals surface area contributed by atoms with Crippen LogP contribution in [0.15, 0.2) is 60.9 Å². The molecule has 3 heterocycles. The summed E-state index contributed by atoms with van der Waals surface area (Å²) in [6, 6.07) is 15.5. The van der Waals surface area contributed by atoms with Crippen molar-refractivity contribution in [2.75, 3.05) is 36.0 Å². The first-order valence-electron chi connectivity index (χ1n) is 11.0. The van der Waals surface area contributed by atoms with Crippen LogP contribution in [-0.4, -0.2) is 53.2 Å². The normalized spacial score (nSPS) is 17.4. The van der Waals surface area contributed by atoms with E-state index in [4.69, 9.17) is 4.74 Å². The van der Waals surface area contributed by atoms with Crippen LogP contribution < -0.4 is 14.5 Å². The number of carbonyl (C=O) groups excluding carboxylic acids is 1. The number of fused-ring (bicyclic) bond motifs is 1. The summed E-state index contributed by atoms with van der Waals surface area (Å²) in [5.74, 6) is 0.0806. The Kier molecular flexibility index (Phi) is 5.64. The maximum absolute atomic E-state index is 12.9. The van der Waals surface area contributed by atoms with Crippen LogP contribution in [0.25, 0.3) is 11.1 Å². The molecule has 2 aliphatic heterocycles. The van der Waals surface area contributed by atoms with Gasteiger partial charge in [-0.25, -0.2) is 9.97 Å². The molecule has 1 fully saturated rings. The minimum absolute atomic E-state index is 0.0384. The Labute approximate surface area is 191 Å². The van der Waals surface area contributed by atoms with Crippen molar-refractivity contribution in [1.82, 2.24) is 9.97 Å². The molecule has 5 rings (SSSR count). The van der Waals surface area contributed by atoms with E-state index in [0.717, 1.165) is 22.4 Å². The summed E-state index contributed by atoms with van der Waals surface area (Å²) in [4.78, 5) is 36.7. The van der Waals surface area contributed by atoms with E-state index in [1.165, 1.54) is 0 Å². The third kappa shape index (κ3) is 4.37. The van der Waals surface area contributed by atoms with Gasteiger partial charge in [0, 0.05) is 31.0 Å². The summed E-state index contributed by atoms with van der Waals surface area (Å²) >= 11 is 0. The third-order valence-electron chi connectivity index (χ3n) is 6.11. The van der Waals surface area contributed by atoms with Crippen LogP contribution in [0.4, 0.5) is 11.6 Å². The molecule has 1 amide bonds. The molecule has 2 aliphatic rings. The fraction of sp³-hybridized carbons (Fsp3) is 0.280. The van der Waals surface area contributed by atoms with Crippen molar-refractivity contribution >= 4 is 23.5 Å². The zero-order chi connectivity index (χ0) is 22.8. The molecule has 8 nitrogen and oxygen atoms in total. The first-order valence-corrected chi connectivity index (χ1v) is 11.0. The number of anilines is 2. The fourth-order valence-electron chi connectivity index (χ4n) is 4.30. The number of ether oxygens (including phenoxy) is 1. The van der Waals surface area contributed by atoms with Gasteiger partial charge in [0.2, 0.25) is 11.9 Å². The summed E-state index contributed by atoms with van der Waals surface area (Å²) in [5, 5.41) is 9.19. The topological polar surface area (TPSA) is 95.9 Å². The number of rotatable bonds is 5. The van der Waals surface area contributed by atoms with E-state index in [-0.39, 0.29) is 11.8 Å². The Bertz CT molecular complexity index is 1170. The van der Waals surface area contributed by atoms with Gasteiger partial charge in [0.1, 0.15) is 12.4 Å². The Morgan fingerprint density at radius 2 is 1.82 bits per heavy atom. The van der Waals surface area contributed by atoms with Gasteiger partial charge in [-0.2, -0.15) is 0 Å². The van der Waals surface area contributed by atoms with Gasteiger partial charge in [-0.1, -0.05) is 36.4 Å². The number of amides is 1. The second-order valence-corrected chi connectivity index (χ2v) is 8.28. The number of carbonyl (C=O) groups is 2. The van der Waals surface area contributed by atoms with Gasteiger partial charge >= 0.3 is 5.97 Å². The Hall–Kier alpha value is -3.94. The predicted molar refractivity (Wildman–Crippen MR) is 123 cm³/mol. The maximum atomic E-state index is 12.9. The lowest BCUT2D eigenvalue weighted by molar-refractivity contribution is -0.140. The molecule has 8 heteroatoms. The first kappa shape index (κ1) is 20.9. The van der Waals surface area contributed by atoms with E-state index in [0.29, 0.717) is 50.8 Å². The van der Waals surface area contributed by atoms with E-state index < -0.39 is 5.97 Å². The van der Waals surface area contributed by atoms with Crippen LogP contribution in [0, 0.1) is 5.92 Å². The minimum Gasteiger partial charge on any atom is -0.490 e. The zero-order valence-corrected chi connectivity index (χ0v) is 18.1. The standard InChI is InChI=1S/C25H24N4O4/c30-23(12-17-4-2-1-3-5-17)29-10-11-33-22-13-18(6-7-21(22)29)20-14-26-25(27-15-20)28-9-8-19(16-28)24(31)32/h1-7,13-15,19H,8-12,16H2,(H,31,32). The van der Waals surface area contributed by atoms with E-state index >= 15 is 0 Å². The summed E-state index contributed by atoms with van der Waals surface area (Å²) in [5.41, 5.74) is 3.46. The zero-order valence-electron chi connectivity index (χ0n) is 18.1. The highest BCUT2D eigenvalue weighted by molar-refractivity contribution is 5.97. The van der Waals surface area contributed by atoms with Crippen molar-refractivity contribution in [2.24, 2.45) is 5.92 Å². The van der Waals surface area contributed by atoms with E-state index in [9.17, 15) is 14.7 Å². The highest BCUT2D eigenvalue weighted by atomic mass is 16.5. The molecule has 1 atom stereocenters. The van der Waals surface area contributed by atoms with Crippen molar-refractivity contribution in [3.63, 3.8) is 0 Å². The van der Waals surface area contributed by atoms with E-state index in [2.05, 4.69) is 9.97 Å². The summed E-state index contributed by atoms with van der Waals surface area (Å²) < 4.78 is 5.86. The van der Waals surface area contributed by atoms with Crippen molar-refractivity contribution in [3.05, 3.63) is 66.5 Å². The number of carboxylic acid groups (broad SMARTS) is 1. The molecule has 3 aromatic rings. The number of hydrogen-bond donors (Lipinski definition) is 1. The second kappa shape index (κ2) is 8.90. The highest BCUT2D eigenvalue weighted by Gasteiger charge is 2.29. The third-order valence-corrected chi connectivity index (χ3v) is 6.11. The molecular formula is C25H24N4O4. The average molecular weight is 444 g/mol. The lowest BCUT2D eigenvalue weighted by Crippen LogP contribution is -2.38. The van der Waals surface area contributed by atoms with Crippen LogP contribution in [0.5, 0.6) is 5.75 Å². The van der Waals surface area contributed by atoms with Gasteiger partial charge < -0.3 is 19.6 Å². The molecule has 1 aromatic heterocycles. The second-order valence-electron chi connectivity index (χ2n) is 8.28. The predicted octanol–water partition coefficient (Wildman–Crippen LogP) is 3.02. The number of carboxylic acids is 1. The molecule has 1 N–H and O–H groups in total. The summed E-state index contributed by atoms with van der Waals surface area (Å²) in [7, 11) is 0. The molecule has 0 saturated carbocycles. The molecule has 0 radical (unpaired) electrons. The summed E-state index contributed by atoms with van der Waals surface area (Å²) in [6.07, 6.45) is 4.41. The average Bonchev–Trinajstić information content (AvgIpc) is 3.35. The van der Waals surface area contributed by atoms with Gasteiger partial charge in [-0.05, 0) is 29.7 Å². The lowest BCUT2D eigenvalue weighted by atomic mass is 10.1. The van der Waals surface area contributed by atoms with Crippen LogP contribution >= 0.6 is 0 Å². The monoisotopic (exact) mass is 444 g/mol. The number of hydrogen-bond acceptors (Lipinski definition) is 6. The Morgan fingerprint density at radius 3 is 2.55 bits per heavy atom. The molecule has 33 heavy (non-hydrogen) atoms. The molecular weight excluding hydrogens is 420 g/mol. The van der Waals surface area contributed by atoms with Gasteiger partial charge in [0.05, 0.1) is 24.6 Å².